The molecule has 0 radical (unpaired) electrons. The molecule has 1 aromatic rings. The number of nitrogens with zero attached hydrogens (tertiary/aromatic N) is 3. The van der Waals surface area contributed by atoms with Gasteiger partial charge in [0.2, 0.25) is 0 Å². The molecule has 3 rings (SSSR count). The van der Waals surface area contributed by atoms with Crippen molar-refractivity contribution in [2.24, 2.45) is 13.0 Å². The van der Waals surface area contributed by atoms with Crippen molar-refractivity contribution < 1.29 is 4.79 Å². The number of hydrogen-bond acceptors (Lipinski definition) is 3. The highest BCUT2D eigenvalue weighted by atomic mass is 16.2. The van der Waals surface area contributed by atoms with E-state index in [1.54, 1.807) is 10.7 Å². The normalized spacial score (nSPS) is 31.9. The molecule has 1 aromatic heterocycles. The van der Waals surface area contributed by atoms with Gasteiger partial charge in [-0.25, -0.2) is 0 Å². The molecule has 1 amide bonds. The van der Waals surface area contributed by atoms with Crippen LogP contribution in [0, 0.1) is 5.92 Å². The van der Waals surface area contributed by atoms with Crippen LogP contribution in [0.1, 0.15) is 23.8 Å². The topological polar surface area (TPSA) is 50.2 Å². The summed E-state index contributed by atoms with van der Waals surface area (Å²) in [5, 5.41) is 7.58. The van der Waals surface area contributed by atoms with Crippen LogP contribution in [0.2, 0.25) is 0 Å². The van der Waals surface area contributed by atoms with Crippen LogP contribution in [-0.2, 0) is 7.05 Å². The van der Waals surface area contributed by atoms with Crippen LogP contribution in [0.3, 0.4) is 0 Å². The molecule has 2 fully saturated rings. The molecule has 0 aliphatic carbocycles. The van der Waals surface area contributed by atoms with E-state index < -0.39 is 0 Å². The minimum absolute atomic E-state index is 0.0781. The van der Waals surface area contributed by atoms with Gasteiger partial charge in [-0.15, -0.1) is 0 Å². The molecule has 92 valence electrons. The quantitative estimate of drug-likeness (QED) is 0.757. The monoisotopic (exact) mass is 234 g/mol. The molecule has 0 aromatic carbocycles. The fourth-order valence-corrected chi connectivity index (χ4v) is 3.18. The average molecular weight is 234 g/mol. The van der Waals surface area contributed by atoms with Gasteiger partial charge in [0.25, 0.3) is 5.91 Å². The predicted molar refractivity (Wildman–Crippen MR) is 63.6 cm³/mol. The maximum Gasteiger partial charge on any atom is 0.274 e. The summed E-state index contributed by atoms with van der Waals surface area (Å²) < 4.78 is 1.68. The van der Waals surface area contributed by atoms with Crippen molar-refractivity contribution in [3.63, 3.8) is 0 Å². The van der Waals surface area contributed by atoms with E-state index in [4.69, 9.17) is 0 Å². The maximum atomic E-state index is 12.4. The van der Waals surface area contributed by atoms with E-state index >= 15 is 0 Å². The lowest BCUT2D eigenvalue weighted by atomic mass is 10.0. The number of hydrogen-bond donors (Lipinski definition) is 1. The van der Waals surface area contributed by atoms with E-state index in [1.807, 2.05) is 18.1 Å². The first-order chi connectivity index (χ1) is 8.16. The second-order valence-corrected chi connectivity index (χ2v) is 5.16. The predicted octanol–water partition coefficient (Wildman–Crippen LogP) is 0.242. The lowest BCUT2D eigenvalue weighted by molar-refractivity contribution is 0.0675. The first kappa shape index (κ1) is 10.8. The largest absolute Gasteiger partial charge is 0.330 e. The van der Waals surface area contributed by atoms with Gasteiger partial charge in [0.1, 0.15) is 5.69 Å². The zero-order valence-electron chi connectivity index (χ0n) is 10.3. The third-order valence-corrected chi connectivity index (χ3v) is 3.95. The molecule has 5 heteroatoms. The summed E-state index contributed by atoms with van der Waals surface area (Å²) in [6, 6.07) is 2.49. The molecule has 0 bridgehead atoms. The molecule has 5 nitrogen and oxygen atoms in total. The number of amides is 1. The summed E-state index contributed by atoms with van der Waals surface area (Å²) in [4.78, 5) is 14.5. The first-order valence-corrected chi connectivity index (χ1v) is 6.20. The van der Waals surface area contributed by atoms with Crippen molar-refractivity contribution in [3.8, 4) is 0 Å². The molecule has 2 saturated heterocycles. The molecule has 17 heavy (non-hydrogen) atoms. The Morgan fingerprint density at radius 1 is 1.53 bits per heavy atom. The second kappa shape index (κ2) is 3.84. The Kier molecular flexibility index (Phi) is 2.43. The molecule has 3 heterocycles. The van der Waals surface area contributed by atoms with Crippen molar-refractivity contribution in [2.75, 3.05) is 13.1 Å². The third kappa shape index (κ3) is 1.65. The van der Waals surface area contributed by atoms with E-state index in [-0.39, 0.29) is 5.91 Å². The molecule has 3 atom stereocenters. The Morgan fingerprint density at radius 2 is 2.35 bits per heavy atom. The standard InChI is InChI=1S/C12H18N4O/c1-8-5-9-6-13-7-11(9)16(8)12(17)10-3-4-15(2)14-10/h3-4,8-9,11,13H,5-7H2,1-2H3. The Morgan fingerprint density at radius 3 is 3.06 bits per heavy atom. The van der Waals surface area contributed by atoms with Crippen molar-refractivity contribution in [2.45, 2.75) is 25.4 Å². The zero-order valence-corrected chi connectivity index (χ0v) is 10.3. The molecule has 0 saturated carbocycles. The van der Waals surface area contributed by atoms with E-state index in [0.717, 1.165) is 19.5 Å². The van der Waals surface area contributed by atoms with Gasteiger partial charge in [0.05, 0.1) is 0 Å². The minimum Gasteiger partial charge on any atom is -0.330 e. The van der Waals surface area contributed by atoms with Gasteiger partial charge < -0.3 is 10.2 Å². The number of fused-ring (bicyclic) bond motifs is 1. The number of carbonyl (C=O) groups is 1. The first-order valence-electron chi connectivity index (χ1n) is 6.20. The molecule has 2 aliphatic heterocycles. The lowest BCUT2D eigenvalue weighted by Gasteiger charge is -2.26. The van der Waals surface area contributed by atoms with E-state index in [1.165, 1.54) is 0 Å². The van der Waals surface area contributed by atoms with Gasteiger partial charge in [-0.05, 0) is 25.3 Å². The van der Waals surface area contributed by atoms with Gasteiger partial charge in [0.15, 0.2) is 0 Å². The highest BCUT2D eigenvalue weighted by Gasteiger charge is 2.44. The second-order valence-electron chi connectivity index (χ2n) is 5.16. The number of likely N-dealkylation sites (tertiary alicyclic amines) is 1. The highest BCUT2D eigenvalue weighted by molar-refractivity contribution is 5.93. The van der Waals surface area contributed by atoms with Crippen molar-refractivity contribution in [1.29, 1.82) is 0 Å². The molecular formula is C12H18N4O. The Bertz CT molecular complexity index is 441. The summed E-state index contributed by atoms with van der Waals surface area (Å²) in [6.07, 6.45) is 2.93. The number of aromatic nitrogens is 2. The van der Waals surface area contributed by atoms with Crippen molar-refractivity contribution in [3.05, 3.63) is 18.0 Å². The number of aryl methyl sites for hydroxylation is 1. The fourth-order valence-electron chi connectivity index (χ4n) is 3.18. The van der Waals surface area contributed by atoms with Gasteiger partial charge >= 0.3 is 0 Å². The van der Waals surface area contributed by atoms with Crippen molar-refractivity contribution >= 4 is 5.91 Å². The van der Waals surface area contributed by atoms with Crippen LogP contribution >= 0.6 is 0 Å². The Hall–Kier alpha value is -1.36. The molecule has 2 aliphatic rings. The summed E-state index contributed by atoms with van der Waals surface area (Å²) in [6.45, 7) is 4.10. The summed E-state index contributed by atoms with van der Waals surface area (Å²) in [7, 11) is 1.84. The molecule has 0 spiro atoms. The minimum atomic E-state index is 0.0781. The summed E-state index contributed by atoms with van der Waals surface area (Å²) in [5.41, 5.74) is 0.562. The smallest absolute Gasteiger partial charge is 0.274 e. The Balaban J connectivity index is 1.85. The highest BCUT2D eigenvalue weighted by Crippen LogP contribution is 2.33. The van der Waals surface area contributed by atoms with Gasteiger partial charge in [-0.2, -0.15) is 5.10 Å². The van der Waals surface area contributed by atoms with E-state index in [2.05, 4.69) is 17.3 Å². The van der Waals surface area contributed by atoms with Crippen LogP contribution in [0.15, 0.2) is 12.3 Å². The van der Waals surface area contributed by atoms with Crippen LogP contribution in [0.5, 0.6) is 0 Å². The van der Waals surface area contributed by atoms with Gasteiger partial charge in [-0.3, -0.25) is 9.48 Å². The average Bonchev–Trinajstić information content (AvgIpc) is 2.92. The maximum absolute atomic E-state index is 12.4. The van der Waals surface area contributed by atoms with Crippen molar-refractivity contribution in [1.82, 2.24) is 20.0 Å². The summed E-state index contributed by atoms with van der Waals surface area (Å²) in [5.74, 6) is 0.701. The SMILES string of the molecule is CC1CC2CNCC2N1C(=O)c1ccn(C)n1. The van der Waals surface area contributed by atoms with E-state index in [0.29, 0.717) is 23.7 Å². The summed E-state index contributed by atoms with van der Waals surface area (Å²) >= 11 is 0. The van der Waals surface area contributed by atoms with Crippen LogP contribution in [0.4, 0.5) is 0 Å². The van der Waals surface area contributed by atoms with Gasteiger partial charge in [-0.1, -0.05) is 0 Å². The van der Waals surface area contributed by atoms with E-state index in [9.17, 15) is 4.79 Å². The fraction of sp³-hybridized carbons (Fsp3) is 0.667. The number of carbonyl (C=O) groups excluding carboxylic acids is 1. The zero-order chi connectivity index (χ0) is 12.0. The Labute approximate surface area is 101 Å². The molecule has 1 N–H and O–H groups in total. The number of rotatable bonds is 1. The van der Waals surface area contributed by atoms with Crippen LogP contribution < -0.4 is 5.32 Å². The molecular weight excluding hydrogens is 216 g/mol. The lowest BCUT2D eigenvalue weighted by Crippen LogP contribution is -2.43. The third-order valence-electron chi connectivity index (χ3n) is 3.95. The van der Waals surface area contributed by atoms with Crippen LogP contribution in [-0.4, -0.2) is 45.8 Å². The van der Waals surface area contributed by atoms with Gasteiger partial charge in [0, 0.05) is 38.4 Å². The molecule has 3 unspecified atom stereocenters. The van der Waals surface area contributed by atoms with Crippen LogP contribution in [0.25, 0.3) is 0 Å². The number of nitrogens with one attached hydrogen (secondary N) is 1.